The quantitative estimate of drug-likeness (QED) is 0.694. The molecule has 0 aliphatic carbocycles. The number of hydrogen-bond acceptors (Lipinski definition) is 5. The Hall–Kier alpha value is -3.07. The maximum Gasteiger partial charge on any atom is 0.313 e. The van der Waals surface area contributed by atoms with E-state index in [-0.39, 0.29) is 5.75 Å². The molecule has 1 fully saturated rings. The van der Waals surface area contributed by atoms with Crippen LogP contribution in [0.5, 0.6) is 5.75 Å². The van der Waals surface area contributed by atoms with E-state index in [2.05, 4.69) is 10.6 Å². The van der Waals surface area contributed by atoms with Crippen LogP contribution in [-0.4, -0.2) is 46.2 Å². The summed E-state index contributed by atoms with van der Waals surface area (Å²) in [7, 11) is -1.72. The molecule has 2 aromatic carbocycles. The predicted octanol–water partition coefficient (Wildman–Crippen LogP) is 1.53. The maximum absolute atomic E-state index is 12.1. The van der Waals surface area contributed by atoms with Gasteiger partial charge in [0.25, 0.3) is 0 Å². The number of nitrogens with one attached hydrogen (secondary N) is 2. The van der Waals surface area contributed by atoms with Crippen molar-refractivity contribution in [3.8, 4) is 5.75 Å². The number of sulfonamides is 1. The zero-order valence-electron chi connectivity index (χ0n) is 16.1. The minimum Gasteiger partial charge on any atom is -0.497 e. The summed E-state index contributed by atoms with van der Waals surface area (Å²) in [6.07, 6.45) is 1.14. The molecule has 2 N–H and O–H groups in total. The van der Waals surface area contributed by atoms with Crippen LogP contribution in [0.15, 0.2) is 48.5 Å². The number of methoxy groups -OCH3 is 1. The molecule has 0 saturated carbocycles. The average molecular weight is 417 g/mol. The monoisotopic (exact) mass is 417 g/mol. The molecule has 1 aliphatic rings. The van der Waals surface area contributed by atoms with Gasteiger partial charge in [0, 0.05) is 18.8 Å². The number of carbonyl (C=O) groups is 2. The first-order valence-corrected chi connectivity index (χ1v) is 10.8. The number of rotatable bonds is 6. The molecule has 2 aromatic rings. The molecule has 154 valence electrons. The van der Waals surface area contributed by atoms with E-state index in [4.69, 9.17) is 4.74 Å². The fourth-order valence-corrected chi connectivity index (χ4v) is 4.61. The number of hydrogen-bond donors (Lipinski definition) is 2. The van der Waals surface area contributed by atoms with Crippen LogP contribution >= 0.6 is 0 Å². The molecule has 9 heteroatoms. The van der Waals surface area contributed by atoms with Crippen molar-refractivity contribution < 1.29 is 22.7 Å². The van der Waals surface area contributed by atoms with Crippen LogP contribution in [0.25, 0.3) is 0 Å². The van der Waals surface area contributed by atoms with Gasteiger partial charge in [0.2, 0.25) is 10.0 Å². The molecule has 1 saturated heterocycles. The highest BCUT2D eigenvalue weighted by atomic mass is 32.2. The topological polar surface area (TPSA) is 105 Å². The standard InChI is InChI=1S/C20H23N3O5S/c1-28-18-8-6-15(7-9-18)10-11-21-19(24)20(25)22-16-4-2-5-17(14-16)23-12-3-13-29(23,26)27/h2,4-9,14H,3,10-13H2,1H3,(H,21,24)(H,22,25). The third kappa shape index (κ3) is 5.26. The SMILES string of the molecule is COc1ccc(CCNC(=O)C(=O)Nc2cccc(N3CCCS3(=O)=O)c2)cc1. The van der Waals surface area contributed by atoms with Crippen molar-refractivity contribution in [2.45, 2.75) is 12.8 Å². The highest BCUT2D eigenvalue weighted by Crippen LogP contribution is 2.26. The second-order valence-corrected chi connectivity index (χ2v) is 8.61. The van der Waals surface area contributed by atoms with Gasteiger partial charge in [-0.05, 0) is 48.7 Å². The fraction of sp³-hybridized carbons (Fsp3) is 0.300. The summed E-state index contributed by atoms with van der Waals surface area (Å²) in [5, 5.41) is 5.08. The number of nitrogens with zero attached hydrogens (tertiary/aromatic N) is 1. The average Bonchev–Trinajstić information content (AvgIpc) is 3.07. The van der Waals surface area contributed by atoms with Crippen molar-refractivity contribution >= 4 is 33.2 Å². The van der Waals surface area contributed by atoms with Crippen molar-refractivity contribution in [1.29, 1.82) is 0 Å². The van der Waals surface area contributed by atoms with Crippen molar-refractivity contribution in [3.63, 3.8) is 0 Å². The van der Waals surface area contributed by atoms with Gasteiger partial charge in [0.05, 0.1) is 18.6 Å². The number of carbonyl (C=O) groups excluding carboxylic acids is 2. The molecule has 29 heavy (non-hydrogen) atoms. The summed E-state index contributed by atoms with van der Waals surface area (Å²) < 4.78 is 30.5. The molecule has 0 unspecified atom stereocenters. The van der Waals surface area contributed by atoms with E-state index in [0.29, 0.717) is 37.3 Å². The van der Waals surface area contributed by atoms with Crippen molar-refractivity contribution in [2.24, 2.45) is 0 Å². The van der Waals surface area contributed by atoms with Crippen LogP contribution < -0.4 is 19.7 Å². The zero-order valence-corrected chi connectivity index (χ0v) is 16.9. The van der Waals surface area contributed by atoms with Crippen LogP contribution in [0.2, 0.25) is 0 Å². The van der Waals surface area contributed by atoms with E-state index in [9.17, 15) is 18.0 Å². The molecule has 0 atom stereocenters. The van der Waals surface area contributed by atoms with E-state index in [1.807, 2.05) is 24.3 Å². The van der Waals surface area contributed by atoms with Gasteiger partial charge in [-0.25, -0.2) is 8.42 Å². The first-order valence-electron chi connectivity index (χ1n) is 9.21. The second-order valence-electron chi connectivity index (χ2n) is 6.60. The zero-order chi connectivity index (χ0) is 20.9. The van der Waals surface area contributed by atoms with Crippen LogP contribution in [0, 0.1) is 0 Å². The van der Waals surface area contributed by atoms with E-state index in [1.54, 1.807) is 31.4 Å². The van der Waals surface area contributed by atoms with Gasteiger partial charge in [0.1, 0.15) is 5.75 Å². The molecular formula is C20H23N3O5S. The fourth-order valence-electron chi connectivity index (χ4n) is 3.05. The highest BCUT2D eigenvalue weighted by Gasteiger charge is 2.28. The maximum atomic E-state index is 12.1. The Labute approximate surface area is 169 Å². The second kappa shape index (κ2) is 8.95. The molecule has 8 nitrogen and oxygen atoms in total. The predicted molar refractivity (Wildman–Crippen MR) is 111 cm³/mol. The molecule has 2 amide bonds. The lowest BCUT2D eigenvalue weighted by Gasteiger charge is -2.17. The smallest absolute Gasteiger partial charge is 0.313 e. The molecule has 0 bridgehead atoms. The number of ether oxygens (including phenoxy) is 1. The molecule has 0 radical (unpaired) electrons. The first kappa shape index (κ1) is 20.7. The van der Waals surface area contributed by atoms with Crippen molar-refractivity contribution in [2.75, 3.05) is 35.6 Å². The van der Waals surface area contributed by atoms with Crippen LogP contribution in [0.1, 0.15) is 12.0 Å². The van der Waals surface area contributed by atoms with Crippen LogP contribution in [0.4, 0.5) is 11.4 Å². The summed E-state index contributed by atoms with van der Waals surface area (Å²) in [4.78, 5) is 24.2. The number of anilines is 2. The van der Waals surface area contributed by atoms with E-state index in [0.717, 1.165) is 11.3 Å². The Morgan fingerprint density at radius 3 is 2.52 bits per heavy atom. The first-order chi connectivity index (χ1) is 13.9. The molecule has 0 spiro atoms. The third-order valence-corrected chi connectivity index (χ3v) is 6.43. The third-order valence-electron chi connectivity index (χ3n) is 4.56. The van der Waals surface area contributed by atoms with Gasteiger partial charge in [0.15, 0.2) is 0 Å². The summed E-state index contributed by atoms with van der Waals surface area (Å²) in [6, 6.07) is 13.9. The van der Waals surface area contributed by atoms with E-state index in [1.165, 1.54) is 4.31 Å². The molecule has 3 rings (SSSR count). The summed E-state index contributed by atoms with van der Waals surface area (Å²) in [5.41, 5.74) is 1.84. The summed E-state index contributed by atoms with van der Waals surface area (Å²) in [6.45, 7) is 0.718. The Morgan fingerprint density at radius 1 is 1.10 bits per heavy atom. The lowest BCUT2D eigenvalue weighted by Crippen LogP contribution is -2.36. The lowest BCUT2D eigenvalue weighted by atomic mass is 10.1. The minimum absolute atomic E-state index is 0.111. The van der Waals surface area contributed by atoms with Crippen molar-refractivity contribution in [3.05, 3.63) is 54.1 Å². The van der Waals surface area contributed by atoms with Crippen LogP contribution in [0.3, 0.4) is 0 Å². The molecule has 1 heterocycles. The van der Waals surface area contributed by atoms with Gasteiger partial charge in [-0.15, -0.1) is 0 Å². The van der Waals surface area contributed by atoms with Crippen molar-refractivity contribution in [1.82, 2.24) is 5.32 Å². The largest absolute Gasteiger partial charge is 0.497 e. The highest BCUT2D eigenvalue weighted by molar-refractivity contribution is 7.93. The van der Waals surface area contributed by atoms with Gasteiger partial charge in [-0.1, -0.05) is 18.2 Å². The minimum atomic E-state index is -3.31. The van der Waals surface area contributed by atoms with Gasteiger partial charge in [-0.2, -0.15) is 0 Å². The van der Waals surface area contributed by atoms with E-state index >= 15 is 0 Å². The Bertz CT molecular complexity index is 989. The Morgan fingerprint density at radius 2 is 1.86 bits per heavy atom. The molecule has 0 aromatic heterocycles. The van der Waals surface area contributed by atoms with Gasteiger partial charge in [-0.3, -0.25) is 13.9 Å². The van der Waals surface area contributed by atoms with E-state index < -0.39 is 21.8 Å². The summed E-state index contributed by atoms with van der Waals surface area (Å²) >= 11 is 0. The number of amides is 2. The number of benzene rings is 2. The Balaban J connectivity index is 1.53. The van der Waals surface area contributed by atoms with Crippen LogP contribution in [-0.2, 0) is 26.0 Å². The van der Waals surface area contributed by atoms with Gasteiger partial charge < -0.3 is 15.4 Å². The molecule has 1 aliphatic heterocycles. The lowest BCUT2D eigenvalue weighted by molar-refractivity contribution is -0.136. The Kier molecular flexibility index (Phi) is 6.38. The summed E-state index contributed by atoms with van der Waals surface area (Å²) in [5.74, 6) is -0.694. The normalized spacial score (nSPS) is 15.0. The van der Waals surface area contributed by atoms with Gasteiger partial charge >= 0.3 is 11.8 Å². The molecular weight excluding hydrogens is 394 g/mol.